The molecule has 0 saturated carbocycles. The first-order valence-corrected chi connectivity index (χ1v) is 10.9. The zero-order chi connectivity index (χ0) is 19.4. The van der Waals surface area contributed by atoms with Crippen LogP contribution in [0.4, 0.5) is 5.13 Å². The number of aromatic nitrogens is 1. The number of para-hydroxylation sites is 1. The van der Waals surface area contributed by atoms with Crippen molar-refractivity contribution in [3.8, 4) is 0 Å². The summed E-state index contributed by atoms with van der Waals surface area (Å²) in [6.45, 7) is 5.56. The quantitative estimate of drug-likeness (QED) is 0.528. The standard InChI is InChI=1S/C21H25N3OS2/c1-5-26-17-10-7-9-16(14-17)20(25)24(13-12-23(3)4)21-22-19-15(2)8-6-11-18(19)27-21/h6-11,14H,5,12-13H2,1-4H3. The summed E-state index contributed by atoms with van der Waals surface area (Å²) in [5.41, 5.74) is 2.83. The van der Waals surface area contributed by atoms with Gasteiger partial charge in [0.1, 0.15) is 0 Å². The van der Waals surface area contributed by atoms with Crippen molar-refractivity contribution in [2.24, 2.45) is 0 Å². The van der Waals surface area contributed by atoms with Crippen molar-refractivity contribution >= 4 is 44.4 Å². The predicted octanol–water partition coefficient (Wildman–Crippen LogP) is 4.93. The SMILES string of the molecule is CCSc1cccc(C(=O)N(CCN(C)C)c2nc3c(C)cccc3s2)c1. The van der Waals surface area contributed by atoms with Gasteiger partial charge in [-0.25, -0.2) is 4.98 Å². The fourth-order valence-electron chi connectivity index (χ4n) is 2.82. The van der Waals surface area contributed by atoms with E-state index in [9.17, 15) is 4.79 Å². The van der Waals surface area contributed by atoms with Crippen LogP contribution >= 0.6 is 23.1 Å². The Morgan fingerprint density at radius 2 is 1.93 bits per heavy atom. The summed E-state index contributed by atoms with van der Waals surface area (Å²) in [5, 5.41) is 0.764. The van der Waals surface area contributed by atoms with Crippen LogP contribution in [0, 0.1) is 6.92 Å². The van der Waals surface area contributed by atoms with Crippen LogP contribution in [0.1, 0.15) is 22.8 Å². The topological polar surface area (TPSA) is 36.4 Å². The molecule has 3 aromatic rings. The van der Waals surface area contributed by atoms with Crippen molar-refractivity contribution in [2.45, 2.75) is 18.7 Å². The summed E-state index contributed by atoms with van der Waals surface area (Å²) in [4.78, 5) is 23.2. The lowest BCUT2D eigenvalue weighted by molar-refractivity contribution is 0.0985. The Hall–Kier alpha value is -1.89. The third-order valence-corrected chi connectivity index (χ3v) is 6.17. The Kier molecular flexibility index (Phi) is 6.52. The van der Waals surface area contributed by atoms with E-state index in [0.29, 0.717) is 12.1 Å². The van der Waals surface area contributed by atoms with E-state index in [1.807, 2.05) is 43.3 Å². The lowest BCUT2D eigenvalue weighted by Crippen LogP contribution is -2.36. The Balaban J connectivity index is 1.98. The number of rotatable bonds is 7. The Morgan fingerprint density at radius 3 is 2.63 bits per heavy atom. The van der Waals surface area contributed by atoms with E-state index in [0.717, 1.165) is 38.1 Å². The minimum Gasteiger partial charge on any atom is -0.308 e. The first kappa shape index (κ1) is 19.9. The third kappa shape index (κ3) is 4.69. The van der Waals surface area contributed by atoms with Crippen molar-refractivity contribution in [2.75, 3.05) is 37.8 Å². The molecule has 0 bridgehead atoms. The van der Waals surface area contributed by atoms with Gasteiger partial charge in [-0.2, -0.15) is 0 Å². The molecule has 1 amide bonds. The third-order valence-electron chi connectivity index (χ3n) is 4.25. The smallest absolute Gasteiger partial charge is 0.260 e. The molecule has 0 aliphatic heterocycles. The van der Waals surface area contributed by atoms with Gasteiger partial charge in [0.2, 0.25) is 0 Å². The van der Waals surface area contributed by atoms with Gasteiger partial charge >= 0.3 is 0 Å². The van der Waals surface area contributed by atoms with Crippen molar-refractivity contribution in [1.82, 2.24) is 9.88 Å². The number of amides is 1. The first-order chi connectivity index (χ1) is 13.0. The normalized spacial score (nSPS) is 11.3. The van der Waals surface area contributed by atoms with Gasteiger partial charge in [-0.1, -0.05) is 36.5 Å². The molecule has 0 fully saturated rings. The molecule has 0 spiro atoms. The number of thiazole rings is 1. The van der Waals surface area contributed by atoms with Gasteiger partial charge in [0.25, 0.3) is 5.91 Å². The van der Waals surface area contributed by atoms with Crippen LogP contribution in [0.5, 0.6) is 0 Å². The number of benzene rings is 2. The maximum absolute atomic E-state index is 13.3. The molecule has 0 radical (unpaired) electrons. The Bertz CT molecular complexity index is 936. The molecule has 27 heavy (non-hydrogen) atoms. The molecule has 0 saturated heterocycles. The van der Waals surface area contributed by atoms with Gasteiger partial charge < -0.3 is 4.90 Å². The van der Waals surface area contributed by atoms with Crippen molar-refractivity contribution in [3.63, 3.8) is 0 Å². The average Bonchev–Trinajstić information content (AvgIpc) is 3.07. The summed E-state index contributed by atoms with van der Waals surface area (Å²) >= 11 is 3.33. The van der Waals surface area contributed by atoms with E-state index in [4.69, 9.17) is 4.98 Å². The Morgan fingerprint density at radius 1 is 1.15 bits per heavy atom. The molecular formula is C21H25N3OS2. The molecule has 0 aliphatic carbocycles. The summed E-state index contributed by atoms with van der Waals surface area (Å²) in [7, 11) is 4.04. The molecule has 1 aromatic heterocycles. The van der Waals surface area contributed by atoms with Crippen LogP contribution in [0.15, 0.2) is 47.4 Å². The first-order valence-electron chi connectivity index (χ1n) is 9.05. The lowest BCUT2D eigenvalue weighted by Gasteiger charge is -2.22. The summed E-state index contributed by atoms with van der Waals surface area (Å²) in [6.07, 6.45) is 0. The fourth-order valence-corrected chi connectivity index (χ4v) is 4.60. The minimum atomic E-state index is 0.00659. The number of nitrogens with zero attached hydrogens (tertiary/aromatic N) is 3. The second-order valence-corrected chi connectivity index (χ2v) is 8.99. The van der Waals surface area contributed by atoms with E-state index in [1.165, 1.54) is 0 Å². The number of carbonyl (C=O) groups excluding carboxylic acids is 1. The number of hydrogen-bond donors (Lipinski definition) is 0. The van der Waals surface area contributed by atoms with Gasteiger partial charge in [0, 0.05) is 23.5 Å². The zero-order valence-electron chi connectivity index (χ0n) is 16.2. The number of thioether (sulfide) groups is 1. The van der Waals surface area contributed by atoms with Crippen LogP contribution in [0.2, 0.25) is 0 Å². The molecule has 3 rings (SSSR count). The largest absolute Gasteiger partial charge is 0.308 e. The molecule has 2 aromatic carbocycles. The second kappa shape index (κ2) is 8.87. The number of aryl methyl sites for hydroxylation is 1. The predicted molar refractivity (Wildman–Crippen MR) is 117 cm³/mol. The van der Waals surface area contributed by atoms with E-state index in [-0.39, 0.29) is 5.91 Å². The van der Waals surface area contributed by atoms with Crippen LogP contribution in [0.25, 0.3) is 10.2 Å². The van der Waals surface area contributed by atoms with E-state index in [1.54, 1.807) is 23.1 Å². The molecule has 6 heteroatoms. The highest BCUT2D eigenvalue weighted by atomic mass is 32.2. The highest BCUT2D eigenvalue weighted by Crippen LogP contribution is 2.31. The van der Waals surface area contributed by atoms with Gasteiger partial charge in [-0.3, -0.25) is 9.69 Å². The molecule has 1 heterocycles. The number of anilines is 1. The monoisotopic (exact) mass is 399 g/mol. The Labute approximate surface area is 169 Å². The lowest BCUT2D eigenvalue weighted by atomic mass is 10.2. The second-order valence-electron chi connectivity index (χ2n) is 6.64. The van der Waals surface area contributed by atoms with Crippen LogP contribution < -0.4 is 4.90 Å². The average molecular weight is 400 g/mol. The summed E-state index contributed by atoms with van der Waals surface area (Å²) in [5.74, 6) is 0.992. The highest BCUT2D eigenvalue weighted by Gasteiger charge is 2.22. The van der Waals surface area contributed by atoms with E-state index < -0.39 is 0 Å². The summed E-state index contributed by atoms with van der Waals surface area (Å²) in [6, 6.07) is 14.0. The van der Waals surface area contributed by atoms with Gasteiger partial charge in [0.05, 0.1) is 10.2 Å². The fraction of sp³-hybridized carbons (Fsp3) is 0.333. The van der Waals surface area contributed by atoms with Crippen LogP contribution in [-0.2, 0) is 0 Å². The minimum absolute atomic E-state index is 0.00659. The number of hydrogen-bond acceptors (Lipinski definition) is 5. The van der Waals surface area contributed by atoms with Gasteiger partial charge in [-0.05, 0) is 56.6 Å². The van der Waals surface area contributed by atoms with Crippen molar-refractivity contribution < 1.29 is 4.79 Å². The molecule has 0 atom stereocenters. The zero-order valence-corrected chi connectivity index (χ0v) is 17.9. The van der Waals surface area contributed by atoms with E-state index >= 15 is 0 Å². The number of likely N-dealkylation sites (N-methyl/N-ethyl adjacent to an activating group) is 1. The molecular weight excluding hydrogens is 374 g/mol. The molecule has 0 N–H and O–H groups in total. The molecule has 142 valence electrons. The van der Waals surface area contributed by atoms with Gasteiger partial charge in [0.15, 0.2) is 5.13 Å². The van der Waals surface area contributed by atoms with E-state index in [2.05, 4.69) is 36.9 Å². The molecule has 0 unspecified atom stereocenters. The van der Waals surface area contributed by atoms with Crippen molar-refractivity contribution in [3.05, 3.63) is 53.6 Å². The number of fused-ring (bicyclic) bond motifs is 1. The highest BCUT2D eigenvalue weighted by molar-refractivity contribution is 7.99. The summed E-state index contributed by atoms with van der Waals surface area (Å²) < 4.78 is 1.11. The van der Waals surface area contributed by atoms with Gasteiger partial charge in [-0.15, -0.1) is 11.8 Å². The number of carbonyl (C=O) groups is 1. The maximum Gasteiger partial charge on any atom is 0.260 e. The van der Waals surface area contributed by atoms with Crippen LogP contribution in [-0.4, -0.2) is 48.7 Å². The molecule has 4 nitrogen and oxygen atoms in total. The maximum atomic E-state index is 13.3. The van der Waals surface area contributed by atoms with Crippen LogP contribution in [0.3, 0.4) is 0 Å². The van der Waals surface area contributed by atoms with Crippen molar-refractivity contribution in [1.29, 1.82) is 0 Å². The molecule has 0 aliphatic rings.